The highest BCUT2D eigenvalue weighted by Gasteiger charge is 2.18. The van der Waals surface area contributed by atoms with Gasteiger partial charge in [0.05, 0.1) is 0 Å². The van der Waals surface area contributed by atoms with Gasteiger partial charge < -0.3 is 5.31 Å². The van der Waals surface area contributed by atoms with E-state index in [-0.39, 0.29) is 17.6 Å². The van der Waals surface area contributed by atoms with Gasteiger partial charge in [-0.3, -0.25) is 4.99 Å². The third kappa shape index (κ3) is 0.939. The number of nitrogens with zero attached hydrogens (tertiary/aromatic N) is 1. The second-order valence-electron chi connectivity index (χ2n) is 1.99. The highest BCUT2D eigenvalue weighted by Crippen LogP contribution is 2.21. The third-order valence-corrected chi connectivity index (χ3v) is 1.34. The van der Waals surface area contributed by atoms with E-state index in [0.29, 0.717) is 0 Å². The van der Waals surface area contributed by atoms with Gasteiger partial charge in [-0.2, -0.15) is 0 Å². The third-order valence-electron chi connectivity index (χ3n) is 1.34. The second kappa shape index (κ2) is 2.45. The molecule has 2 nitrogen and oxygen atoms in total. The minimum atomic E-state index is -3.01. The summed E-state index contributed by atoms with van der Waals surface area (Å²) in [6, 6.07) is 0. The molecule has 0 radical (unpaired) electrons. The summed E-state index contributed by atoms with van der Waals surface area (Å²) in [7, 11) is 0. The molecule has 10 heavy (non-hydrogen) atoms. The van der Waals surface area contributed by atoms with Gasteiger partial charge in [0.1, 0.15) is 0 Å². The van der Waals surface area contributed by atoms with Crippen LogP contribution in [-0.4, -0.2) is 19.3 Å². The number of aliphatic imine (C=N–C) groups is 1. The molecule has 0 aromatic rings. The Labute approximate surface area is 72.3 Å². The standard InChI is InChI=1S/C8H12N2/c1-2-7-6-9-5-3-8(7)10-4-1/h3,5,7,10H,1-2,4,6H2/i1D2,2D2,4D2,7D/hD. The summed E-state index contributed by atoms with van der Waals surface area (Å²) in [4.78, 5) is 3.75. The normalized spacial score (nSPS) is 65.6. The Morgan fingerprint density at radius 3 is 4.00 bits per heavy atom. The van der Waals surface area contributed by atoms with Crippen molar-refractivity contribution < 1.29 is 11.0 Å². The fraction of sp³-hybridized carbons (Fsp3) is 0.625. The first kappa shape index (κ1) is 1.87. The average Bonchev–Trinajstić information content (AvgIpc) is 2.26. The molecule has 2 aliphatic rings. The maximum Gasteiger partial charge on any atom is 0.160 e. The van der Waals surface area contributed by atoms with Crippen LogP contribution in [0.15, 0.2) is 16.8 Å². The quantitative estimate of drug-likeness (QED) is 0.538. The van der Waals surface area contributed by atoms with Crippen LogP contribution in [0, 0.1) is 5.89 Å². The lowest BCUT2D eigenvalue weighted by Crippen LogP contribution is -2.30. The number of piperidine rings is 1. The monoisotopic (exact) mass is 144 g/mol. The van der Waals surface area contributed by atoms with Crippen molar-refractivity contribution in [2.75, 3.05) is 13.0 Å². The lowest BCUT2D eigenvalue weighted by Gasteiger charge is -2.27. The Morgan fingerprint density at radius 1 is 2.00 bits per heavy atom. The predicted molar refractivity (Wildman–Crippen MR) is 42.2 cm³/mol. The van der Waals surface area contributed by atoms with Crippen LogP contribution < -0.4 is 5.31 Å². The molecule has 2 rings (SSSR count). The van der Waals surface area contributed by atoms with Gasteiger partial charge in [-0.1, -0.05) is 0 Å². The Balaban J connectivity index is 2.70. The summed E-state index contributed by atoms with van der Waals surface area (Å²) in [5, 5.41) is 0.256. The fourth-order valence-electron chi connectivity index (χ4n) is 0.849. The zero-order valence-electron chi connectivity index (χ0n) is 13.3. The van der Waals surface area contributed by atoms with E-state index >= 15 is 0 Å². The average molecular weight is 144 g/mol. The first-order chi connectivity index (χ1) is 8.00. The number of rotatable bonds is 0. The van der Waals surface area contributed by atoms with Crippen molar-refractivity contribution in [2.24, 2.45) is 10.9 Å². The lowest BCUT2D eigenvalue weighted by molar-refractivity contribution is 0.449. The molecular weight excluding hydrogens is 124 g/mol. The molecule has 1 unspecified atom stereocenters. The molecule has 2 heterocycles. The molecule has 2 heteroatoms. The molecule has 0 amide bonds. The van der Waals surface area contributed by atoms with E-state index < -0.39 is 25.1 Å². The number of hydrogen-bond donors (Lipinski definition) is 1. The predicted octanol–water partition coefficient (Wildman–Crippen LogP) is 0.954. The van der Waals surface area contributed by atoms with Gasteiger partial charge in [-0.15, -0.1) is 0 Å². The molecule has 2 aliphatic heterocycles. The van der Waals surface area contributed by atoms with Gasteiger partial charge in [0.15, 0.2) is 1.41 Å². The fourth-order valence-corrected chi connectivity index (χ4v) is 0.849. The Bertz CT molecular complexity index is 442. The van der Waals surface area contributed by atoms with Crippen LogP contribution in [0.3, 0.4) is 0 Å². The number of fused-ring (bicyclic) bond motifs is 1. The summed E-state index contributed by atoms with van der Waals surface area (Å²) >= 11 is 0. The zero-order chi connectivity index (χ0) is 14.0. The van der Waals surface area contributed by atoms with Crippen LogP contribution in [0.2, 0.25) is 1.41 Å². The molecule has 0 aliphatic carbocycles. The molecule has 0 bridgehead atoms. The molecule has 1 fully saturated rings. The van der Waals surface area contributed by atoms with E-state index in [2.05, 4.69) is 4.99 Å². The summed E-state index contributed by atoms with van der Waals surface area (Å²) < 4.78 is 62.0. The van der Waals surface area contributed by atoms with Gasteiger partial charge >= 0.3 is 0 Å². The maximum absolute atomic E-state index is 8.12. The smallest absolute Gasteiger partial charge is 0.160 e. The van der Waals surface area contributed by atoms with Crippen LogP contribution in [-0.2, 0) is 0 Å². The van der Waals surface area contributed by atoms with E-state index in [0.717, 1.165) is 0 Å². The minimum Gasteiger partial charge on any atom is -0.388 e. The number of allylic oxidation sites excluding steroid dienone is 1. The number of nitrogens with one attached hydrogen (secondary N) is 1. The summed E-state index contributed by atoms with van der Waals surface area (Å²) in [6.07, 6.45) is -3.34. The van der Waals surface area contributed by atoms with Gasteiger partial charge in [-0.25, -0.2) is 0 Å². The molecule has 1 N–H and O–H groups in total. The van der Waals surface area contributed by atoms with Crippen molar-refractivity contribution in [3.8, 4) is 0 Å². The molecule has 0 aromatic carbocycles. The van der Waals surface area contributed by atoms with Gasteiger partial charge in [0.2, 0.25) is 0 Å². The van der Waals surface area contributed by atoms with Crippen LogP contribution in [0.1, 0.15) is 22.3 Å². The van der Waals surface area contributed by atoms with E-state index in [1.807, 2.05) is 0 Å². The largest absolute Gasteiger partial charge is 0.388 e. The van der Waals surface area contributed by atoms with Gasteiger partial charge in [0, 0.05) is 40.4 Å². The summed E-state index contributed by atoms with van der Waals surface area (Å²) in [5.74, 6) is -2.10. The van der Waals surface area contributed by atoms with Crippen LogP contribution in [0.4, 0.5) is 0 Å². The molecule has 1 saturated heterocycles. The molecule has 0 spiro atoms. The minimum absolute atomic E-state index is 0.220. The first-order valence-corrected chi connectivity index (χ1v) is 3.00. The van der Waals surface area contributed by atoms with Crippen LogP contribution in [0.5, 0.6) is 0 Å². The molecule has 54 valence electrons. The van der Waals surface area contributed by atoms with Crippen molar-refractivity contribution in [1.29, 1.82) is 0 Å². The van der Waals surface area contributed by atoms with Crippen LogP contribution in [0.25, 0.3) is 0 Å². The van der Waals surface area contributed by atoms with Crippen molar-refractivity contribution in [2.45, 2.75) is 12.7 Å². The Morgan fingerprint density at radius 2 is 3.00 bits per heavy atom. The van der Waals surface area contributed by atoms with Crippen LogP contribution >= 0.6 is 0 Å². The second-order valence-corrected chi connectivity index (χ2v) is 1.99. The highest BCUT2D eigenvalue weighted by atomic mass is 14.9. The highest BCUT2D eigenvalue weighted by molar-refractivity contribution is 5.73. The summed E-state index contributed by atoms with van der Waals surface area (Å²) in [6.45, 7) is -3.20. The van der Waals surface area contributed by atoms with Crippen molar-refractivity contribution in [3.05, 3.63) is 11.8 Å². The number of dihydropyridines is 1. The van der Waals surface area contributed by atoms with E-state index in [1.165, 1.54) is 12.3 Å². The topological polar surface area (TPSA) is 24.4 Å². The van der Waals surface area contributed by atoms with Gasteiger partial charge in [-0.05, 0) is 18.8 Å². The van der Waals surface area contributed by atoms with E-state index in [1.54, 1.807) is 0 Å². The maximum atomic E-state index is 8.12. The first-order valence-electron chi connectivity index (χ1n) is 6.94. The molecule has 0 saturated carbocycles. The molecular formula is C8H12N2. The van der Waals surface area contributed by atoms with Crippen molar-refractivity contribution >= 4 is 6.21 Å². The zero-order valence-corrected chi connectivity index (χ0v) is 5.26. The van der Waals surface area contributed by atoms with Crippen molar-refractivity contribution in [1.82, 2.24) is 5.31 Å². The number of hydrogen-bond acceptors (Lipinski definition) is 2. The molecule has 0 aromatic heterocycles. The van der Waals surface area contributed by atoms with Crippen molar-refractivity contribution in [3.63, 3.8) is 0 Å². The SMILES string of the molecule is [2H]N1C2=CC=NCC2([2H])C([2H])([2H])C([2H])([2H])C1([2H])[2H]. The van der Waals surface area contributed by atoms with E-state index in [9.17, 15) is 0 Å². The Kier molecular flexibility index (Phi) is 0.458. The summed E-state index contributed by atoms with van der Waals surface area (Å²) in [5.41, 5.74) is -0.220. The van der Waals surface area contributed by atoms with Gasteiger partial charge in [0.25, 0.3) is 0 Å². The lowest BCUT2D eigenvalue weighted by atomic mass is 9.94. The molecule has 1 atom stereocenters. The Hall–Kier alpha value is -0.790. The van der Waals surface area contributed by atoms with E-state index in [4.69, 9.17) is 11.0 Å².